The van der Waals surface area contributed by atoms with Gasteiger partial charge in [-0.25, -0.2) is 9.78 Å². The number of carbonyl (C=O) groups is 1. The maximum Gasteiger partial charge on any atom is 0.408 e. The largest absolute Gasteiger partial charge is 0.465 e. The van der Waals surface area contributed by atoms with E-state index in [9.17, 15) is 9.90 Å². The van der Waals surface area contributed by atoms with Crippen LogP contribution in [-0.2, 0) is 0 Å². The number of hydrogen-bond acceptors (Lipinski definition) is 2. The van der Waals surface area contributed by atoms with E-state index in [2.05, 4.69) is 41.1 Å². The van der Waals surface area contributed by atoms with Crippen LogP contribution in [0.15, 0.2) is 6.20 Å². The molecule has 106 valence electrons. The summed E-state index contributed by atoms with van der Waals surface area (Å²) in [5.74, 6) is 4.38. The summed E-state index contributed by atoms with van der Waals surface area (Å²) < 4.78 is 0. The van der Waals surface area contributed by atoms with Gasteiger partial charge in [-0.2, -0.15) is 0 Å². The van der Waals surface area contributed by atoms with Gasteiger partial charge in [-0.3, -0.25) is 4.90 Å². The van der Waals surface area contributed by atoms with E-state index in [1.165, 1.54) is 0 Å². The molecule has 20 heavy (non-hydrogen) atoms. The first-order valence-corrected chi connectivity index (χ1v) is 10.4. The topological polar surface area (TPSA) is 69.2 Å². The fourth-order valence-corrected chi connectivity index (χ4v) is 3.31. The lowest BCUT2D eigenvalue weighted by atomic mass is 10.1. The number of aromatic nitrogens is 2. The van der Waals surface area contributed by atoms with Crippen LogP contribution in [0.3, 0.4) is 0 Å². The smallest absolute Gasteiger partial charge is 0.408 e. The molecule has 2 heterocycles. The van der Waals surface area contributed by atoms with Gasteiger partial charge in [0.25, 0.3) is 0 Å². The van der Waals surface area contributed by atoms with Crippen LogP contribution in [0, 0.1) is 17.4 Å². The SMILES string of the molecule is C[Si](C)(C)C#Cc1cnc(C2CC3CC3N2C(=O)O)[nH]1. The fraction of sp³-hybridized carbons (Fsp3) is 0.571. The number of nitrogens with one attached hydrogen (secondary N) is 1. The van der Waals surface area contributed by atoms with Gasteiger partial charge in [-0.15, -0.1) is 5.54 Å². The number of H-pyrrole nitrogens is 1. The zero-order valence-electron chi connectivity index (χ0n) is 12.0. The lowest BCUT2D eigenvalue weighted by Crippen LogP contribution is -2.32. The summed E-state index contributed by atoms with van der Waals surface area (Å²) in [7, 11) is -1.41. The highest BCUT2D eigenvalue weighted by Gasteiger charge is 2.55. The number of nitrogens with zero attached hydrogens (tertiary/aromatic N) is 2. The zero-order chi connectivity index (χ0) is 14.5. The van der Waals surface area contributed by atoms with Crippen LogP contribution in [0.2, 0.25) is 19.6 Å². The molecule has 0 aromatic carbocycles. The third-order valence-electron chi connectivity index (χ3n) is 3.81. The molecule has 0 bridgehead atoms. The molecule has 3 unspecified atom stereocenters. The van der Waals surface area contributed by atoms with Crippen LogP contribution in [0.4, 0.5) is 4.79 Å². The van der Waals surface area contributed by atoms with Gasteiger partial charge in [0.1, 0.15) is 19.6 Å². The second kappa shape index (κ2) is 4.38. The van der Waals surface area contributed by atoms with E-state index >= 15 is 0 Å². The highest BCUT2D eigenvalue weighted by Crippen LogP contribution is 2.52. The van der Waals surface area contributed by atoms with Crippen molar-refractivity contribution in [3.63, 3.8) is 0 Å². The maximum absolute atomic E-state index is 11.3. The van der Waals surface area contributed by atoms with Crippen molar-refractivity contribution in [2.45, 2.75) is 44.6 Å². The van der Waals surface area contributed by atoms with Gasteiger partial charge in [0.15, 0.2) is 0 Å². The predicted molar refractivity (Wildman–Crippen MR) is 77.9 cm³/mol. The summed E-state index contributed by atoms with van der Waals surface area (Å²) in [6.45, 7) is 6.57. The number of fused-ring (bicyclic) bond motifs is 1. The molecule has 3 atom stereocenters. The van der Waals surface area contributed by atoms with Crippen molar-refractivity contribution in [3.05, 3.63) is 17.7 Å². The standard InChI is InChI=1S/C14H19N3O2Si/c1-20(2,3)5-4-10-8-15-13(16-10)12-7-9-6-11(9)17(12)14(18)19/h8-9,11-12H,6-7H2,1-3H3,(H,15,16)(H,18,19). The van der Waals surface area contributed by atoms with Gasteiger partial charge >= 0.3 is 6.09 Å². The molecule has 2 fully saturated rings. The number of aromatic amines is 1. The van der Waals surface area contributed by atoms with Crippen molar-refractivity contribution in [1.82, 2.24) is 14.9 Å². The highest BCUT2D eigenvalue weighted by atomic mass is 28.3. The van der Waals surface area contributed by atoms with E-state index in [1.807, 2.05) is 0 Å². The van der Waals surface area contributed by atoms with Crippen molar-refractivity contribution in [1.29, 1.82) is 0 Å². The summed E-state index contributed by atoms with van der Waals surface area (Å²) in [5, 5.41) is 9.32. The number of amides is 1. The van der Waals surface area contributed by atoms with Crippen LogP contribution >= 0.6 is 0 Å². The Labute approximate surface area is 119 Å². The zero-order valence-corrected chi connectivity index (χ0v) is 13.0. The highest BCUT2D eigenvalue weighted by molar-refractivity contribution is 6.83. The van der Waals surface area contributed by atoms with Gasteiger partial charge in [-0.05, 0) is 18.8 Å². The number of rotatable bonds is 1. The lowest BCUT2D eigenvalue weighted by molar-refractivity contribution is 0.128. The Bertz CT molecular complexity index is 608. The van der Waals surface area contributed by atoms with Crippen molar-refractivity contribution in [3.8, 4) is 11.5 Å². The minimum Gasteiger partial charge on any atom is -0.465 e. The first kappa shape index (κ1) is 13.2. The molecular weight excluding hydrogens is 270 g/mol. The van der Waals surface area contributed by atoms with Crippen LogP contribution in [0.1, 0.15) is 30.4 Å². The average molecular weight is 289 g/mol. The second-order valence-corrected chi connectivity index (χ2v) is 11.4. The summed E-state index contributed by atoms with van der Waals surface area (Å²) in [5.41, 5.74) is 4.07. The Morgan fingerprint density at radius 3 is 2.90 bits per heavy atom. The average Bonchev–Trinajstić information content (AvgIpc) is 2.82. The van der Waals surface area contributed by atoms with Crippen LogP contribution in [0.25, 0.3) is 0 Å². The normalized spacial score (nSPS) is 27.8. The number of imidazole rings is 1. The Balaban J connectivity index is 1.80. The van der Waals surface area contributed by atoms with Crippen LogP contribution < -0.4 is 0 Å². The van der Waals surface area contributed by atoms with Gasteiger partial charge in [-0.1, -0.05) is 25.6 Å². The van der Waals surface area contributed by atoms with Crippen molar-refractivity contribution in [2.75, 3.05) is 0 Å². The molecule has 1 aliphatic heterocycles. The Morgan fingerprint density at radius 2 is 2.25 bits per heavy atom. The van der Waals surface area contributed by atoms with Crippen molar-refractivity contribution < 1.29 is 9.90 Å². The summed E-state index contributed by atoms with van der Waals surface area (Å²) in [6, 6.07) is 0.0813. The minimum absolute atomic E-state index is 0.126. The van der Waals surface area contributed by atoms with E-state index in [0.29, 0.717) is 5.92 Å². The molecule has 1 saturated heterocycles. The summed E-state index contributed by atoms with van der Waals surface area (Å²) >= 11 is 0. The molecule has 2 N–H and O–H groups in total. The Morgan fingerprint density at radius 1 is 1.50 bits per heavy atom. The number of likely N-dealkylation sites (tertiary alicyclic amines) is 1. The Hall–Kier alpha value is -1.74. The minimum atomic E-state index is -1.41. The molecule has 0 spiro atoms. The molecule has 6 heteroatoms. The van der Waals surface area contributed by atoms with Crippen LogP contribution in [0.5, 0.6) is 0 Å². The molecule has 1 saturated carbocycles. The molecule has 0 radical (unpaired) electrons. The van der Waals surface area contributed by atoms with Gasteiger partial charge < -0.3 is 10.1 Å². The second-order valence-electron chi connectivity index (χ2n) is 6.69. The van der Waals surface area contributed by atoms with Crippen molar-refractivity contribution >= 4 is 14.2 Å². The maximum atomic E-state index is 11.3. The van der Waals surface area contributed by atoms with E-state index < -0.39 is 14.2 Å². The Kier molecular flexibility index (Phi) is 2.90. The number of carboxylic acid groups (broad SMARTS) is 1. The van der Waals surface area contributed by atoms with Crippen LogP contribution in [-0.4, -0.2) is 40.2 Å². The van der Waals surface area contributed by atoms with Gasteiger partial charge in [0, 0.05) is 6.04 Å². The molecule has 1 aromatic heterocycles. The first-order valence-electron chi connectivity index (χ1n) is 6.94. The summed E-state index contributed by atoms with van der Waals surface area (Å²) in [4.78, 5) is 20.4. The molecule has 3 rings (SSSR count). The molecule has 1 aliphatic carbocycles. The molecule has 5 nitrogen and oxygen atoms in total. The molecule has 1 amide bonds. The molecule has 1 aromatic rings. The van der Waals surface area contributed by atoms with Crippen molar-refractivity contribution in [2.24, 2.45) is 5.92 Å². The van der Waals surface area contributed by atoms with Gasteiger partial charge in [0.05, 0.1) is 12.2 Å². The molecular formula is C14H19N3O2Si. The van der Waals surface area contributed by atoms with E-state index in [-0.39, 0.29) is 12.1 Å². The third-order valence-corrected chi connectivity index (χ3v) is 4.68. The van der Waals surface area contributed by atoms with E-state index in [0.717, 1.165) is 24.4 Å². The number of hydrogen-bond donors (Lipinski definition) is 2. The van der Waals surface area contributed by atoms with Gasteiger partial charge in [0.2, 0.25) is 0 Å². The third kappa shape index (κ3) is 2.46. The first-order chi connectivity index (χ1) is 9.35. The predicted octanol–water partition coefficient (Wildman–Crippen LogP) is 2.45. The van der Waals surface area contributed by atoms with E-state index in [4.69, 9.17) is 0 Å². The lowest BCUT2D eigenvalue weighted by Gasteiger charge is -2.22. The quantitative estimate of drug-likeness (QED) is 0.616. The monoisotopic (exact) mass is 289 g/mol. The fourth-order valence-electron chi connectivity index (χ4n) is 2.80. The summed E-state index contributed by atoms with van der Waals surface area (Å²) in [6.07, 6.45) is 2.76. The van der Waals surface area contributed by atoms with E-state index in [1.54, 1.807) is 11.1 Å². The molecule has 2 aliphatic rings. The number of piperidine rings is 1.